The van der Waals surface area contributed by atoms with Gasteiger partial charge in [-0.15, -0.1) is 0 Å². The molecule has 6 heteroatoms. The first-order valence-electron chi connectivity index (χ1n) is 5.03. The van der Waals surface area contributed by atoms with Crippen molar-refractivity contribution in [2.24, 2.45) is 0 Å². The van der Waals surface area contributed by atoms with Crippen molar-refractivity contribution < 1.29 is 0 Å². The van der Waals surface area contributed by atoms with E-state index in [1.807, 2.05) is 28.6 Å². The standard InChI is InChI=1S/C10H13BrN4S/c1-16-6-2-3-12-9-10-13-4-5-15(10)7-8(11)14-9/h4-5,7H,2-3,6H2,1H3,(H,12,14). The smallest absolute Gasteiger partial charge is 0.180 e. The van der Waals surface area contributed by atoms with Crippen LogP contribution >= 0.6 is 27.7 Å². The van der Waals surface area contributed by atoms with E-state index in [9.17, 15) is 0 Å². The van der Waals surface area contributed by atoms with Crippen molar-refractivity contribution in [3.63, 3.8) is 0 Å². The highest BCUT2D eigenvalue weighted by Gasteiger charge is 2.05. The quantitative estimate of drug-likeness (QED) is 0.862. The molecular formula is C10H13BrN4S. The largest absolute Gasteiger partial charge is 0.367 e. The number of halogens is 1. The number of fused-ring (bicyclic) bond motifs is 1. The molecule has 86 valence electrons. The fraction of sp³-hybridized carbons (Fsp3) is 0.400. The van der Waals surface area contributed by atoms with Crippen molar-refractivity contribution in [3.8, 4) is 0 Å². The maximum absolute atomic E-state index is 4.39. The fourth-order valence-electron chi connectivity index (χ4n) is 1.44. The lowest BCUT2D eigenvalue weighted by atomic mass is 10.4. The number of thioether (sulfide) groups is 1. The minimum absolute atomic E-state index is 0.811. The summed E-state index contributed by atoms with van der Waals surface area (Å²) in [5.74, 6) is 1.99. The highest BCUT2D eigenvalue weighted by Crippen LogP contribution is 2.16. The van der Waals surface area contributed by atoms with Gasteiger partial charge in [-0.05, 0) is 34.4 Å². The lowest BCUT2D eigenvalue weighted by molar-refractivity contribution is 0.972. The number of nitrogens with zero attached hydrogens (tertiary/aromatic N) is 3. The molecule has 0 fully saturated rings. The van der Waals surface area contributed by atoms with Gasteiger partial charge in [0.05, 0.1) is 0 Å². The molecule has 4 nitrogen and oxygen atoms in total. The van der Waals surface area contributed by atoms with Gasteiger partial charge in [0.15, 0.2) is 11.5 Å². The fourth-order valence-corrected chi connectivity index (χ4v) is 2.27. The Hall–Kier alpha value is -0.750. The molecule has 0 bridgehead atoms. The molecule has 0 aliphatic rings. The van der Waals surface area contributed by atoms with E-state index in [0.29, 0.717) is 0 Å². The van der Waals surface area contributed by atoms with E-state index >= 15 is 0 Å². The Labute approximate surface area is 107 Å². The van der Waals surface area contributed by atoms with Crippen LogP contribution in [-0.4, -0.2) is 32.9 Å². The van der Waals surface area contributed by atoms with Gasteiger partial charge in [-0.25, -0.2) is 9.97 Å². The molecule has 0 aliphatic carbocycles. The van der Waals surface area contributed by atoms with Crippen molar-refractivity contribution in [2.75, 3.05) is 23.9 Å². The third-order valence-electron chi connectivity index (χ3n) is 2.16. The number of aromatic nitrogens is 3. The van der Waals surface area contributed by atoms with E-state index in [2.05, 4.69) is 37.5 Å². The highest BCUT2D eigenvalue weighted by atomic mass is 79.9. The summed E-state index contributed by atoms with van der Waals surface area (Å²) in [5.41, 5.74) is 0.868. The monoisotopic (exact) mass is 300 g/mol. The second-order valence-electron chi connectivity index (χ2n) is 3.34. The molecule has 0 aromatic carbocycles. The van der Waals surface area contributed by atoms with Gasteiger partial charge in [-0.3, -0.25) is 0 Å². The second kappa shape index (κ2) is 5.54. The first-order valence-corrected chi connectivity index (χ1v) is 7.22. The van der Waals surface area contributed by atoms with E-state index < -0.39 is 0 Å². The summed E-state index contributed by atoms with van der Waals surface area (Å²) in [6, 6.07) is 0. The Bertz CT molecular complexity index is 471. The molecule has 1 N–H and O–H groups in total. The number of hydrogen-bond donors (Lipinski definition) is 1. The van der Waals surface area contributed by atoms with Crippen LogP contribution in [0.2, 0.25) is 0 Å². The van der Waals surface area contributed by atoms with Crippen LogP contribution in [0.25, 0.3) is 5.65 Å². The molecule has 16 heavy (non-hydrogen) atoms. The molecule has 2 aromatic rings. The second-order valence-corrected chi connectivity index (χ2v) is 5.14. The minimum atomic E-state index is 0.811. The summed E-state index contributed by atoms with van der Waals surface area (Å²) < 4.78 is 2.76. The van der Waals surface area contributed by atoms with E-state index in [1.54, 1.807) is 6.20 Å². The average molecular weight is 301 g/mol. The molecule has 2 rings (SSSR count). The first-order chi connectivity index (χ1) is 7.81. The average Bonchev–Trinajstić information content (AvgIpc) is 2.72. The van der Waals surface area contributed by atoms with Crippen LogP contribution < -0.4 is 5.32 Å². The Morgan fingerprint density at radius 1 is 1.56 bits per heavy atom. The normalized spacial score (nSPS) is 10.9. The Balaban J connectivity index is 2.12. The van der Waals surface area contributed by atoms with Crippen molar-refractivity contribution in [2.45, 2.75) is 6.42 Å². The molecule has 0 aliphatic heterocycles. The van der Waals surface area contributed by atoms with E-state index in [0.717, 1.165) is 34.8 Å². The predicted octanol–water partition coefficient (Wildman–Crippen LogP) is 2.66. The minimum Gasteiger partial charge on any atom is -0.367 e. The maximum atomic E-state index is 4.39. The molecule has 2 heterocycles. The zero-order chi connectivity index (χ0) is 11.4. The van der Waals surface area contributed by atoms with Gasteiger partial charge in [0.1, 0.15) is 4.60 Å². The van der Waals surface area contributed by atoms with E-state index in [-0.39, 0.29) is 0 Å². The van der Waals surface area contributed by atoms with Crippen molar-refractivity contribution in [1.82, 2.24) is 14.4 Å². The summed E-state index contributed by atoms with van der Waals surface area (Å²) in [6.07, 6.45) is 8.83. The predicted molar refractivity (Wildman–Crippen MR) is 72.2 cm³/mol. The molecule has 0 atom stereocenters. The van der Waals surface area contributed by atoms with Crippen LogP contribution in [0.3, 0.4) is 0 Å². The summed E-state index contributed by atoms with van der Waals surface area (Å²) in [5, 5.41) is 3.31. The number of rotatable bonds is 5. The molecular weight excluding hydrogens is 288 g/mol. The summed E-state index contributed by atoms with van der Waals surface area (Å²) in [6.45, 7) is 0.923. The Morgan fingerprint density at radius 2 is 2.44 bits per heavy atom. The topological polar surface area (TPSA) is 42.2 Å². The van der Waals surface area contributed by atoms with Crippen LogP contribution in [-0.2, 0) is 0 Å². The van der Waals surface area contributed by atoms with Gasteiger partial charge in [-0.2, -0.15) is 11.8 Å². The number of imidazole rings is 1. The number of nitrogens with one attached hydrogen (secondary N) is 1. The van der Waals surface area contributed by atoms with Crippen LogP contribution in [0, 0.1) is 0 Å². The Kier molecular flexibility index (Phi) is 4.06. The van der Waals surface area contributed by atoms with Gasteiger partial charge in [0, 0.05) is 25.1 Å². The molecule has 0 amide bonds. The lowest BCUT2D eigenvalue weighted by Gasteiger charge is -2.06. The van der Waals surface area contributed by atoms with Gasteiger partial charge < -0.3 is 9.72 Å². The molecule has 0 radical (unpaired) electrons. The first kappa shape index (κ1) is 11.7. The molecule has 2 aromatic heterocycles. The Morgan fingerprint density at radius 3 is 3.25 bits per heavy atom. The number of anilines is 1. The van der Waals surface area contributed by atoms with Crippen LogP contribution in [0.5, 0.6) is 0 Å². The van der Waals surface area contributed by atoms with Gasteiger partial charge in [0.25, 0.3) is 0 Å². The van der Waals surface area contributed by atoms with Crippen molar-refractivity contribution in [1.29, 1.82) is 0 Å². The highest BCUT2D eigenvalue weighted by molar-refractivity contribution is 9.10. The lowest BCUT2D eigenvalue weighted by Crippen LogP contribution is -2.06. The van der Waals surface area contributed by atoms with Crippen molar-refractivity contribution >= 4 is 39.2 Å². The summed E-state index contributed by atoms with van der Waals surface area (Å²) in [4.78, 5) is 8.66. The van der Waals surface area contributed by atoms with Crippen LogP contribution in [0.1, 0.15) is 6.42 Å². The van der Waals surface area contributed by atoms with Crippen LogP contribution in [0.4, 0.5) is 5.82 Å². The summed E-state index contributed by atoms with van der Waals surface area (Å²) in [7, 11) is 0. The maximum Gasteiger partial charge on any atom is 0.180 e. The van der Waals surface area contributed by atoms with Gasteiger partial charge >= 0.3 is 0 Å². The third kappa shape index (κ3) is 2.68. The van der Waals surface area contributed by atoms with E-state index in [4.69, 9.17) is 0 Å². The van der Waals surface area contributed by atoms with Gasteiger partial charge in [-0.1, -0.05) is 0 Å². The number of hydrogen-bond acceptors (Lipinski definition) is 4. The zero-order valence-corrected chi connectivity index (χ0v) is 11.4. The van der Waals surface area contributed by atoms with Crippen LogP contribution in [0.15, 0.2) is 23.2 Å². The molecule has 0 unspecified atom stereocenters. The molecule has 0 spiro atoms. The van der Waals surface area contributed by atoms with Gasteiger partial charge in [0.2, 0.25) is 0 Å². The molecule has 0 saturated heterocycles. The third-order valence-corrected chi connectivity index (χ3v) is 3.24. The summed E-state index contributed by atoms with van der Waals surface area (Å²) >= 11 is 5.24. The zero-order valence-electron chi connectivity index (χ0n) is 8.98. The van der Waals surface area contributed by atoms with Crippen molar-refractivity contribution in [3.05, 3.63) is 23.2 Å². The van der Waals surface area contributed by atoms with E-state index in [1.165, 1.54) is 0 Å². The SMILES string of the molecule is CSCCCNc1nc(Br)cn2ccnc12. The molecule has 0 saturated carbocycles.